The van der Waals surface area contributed by atoms with Crippen LogP contribution in [-0.2, 0) is 20.2 Å². The first kappa shape index (κ1) is 19.7. The standard InChI is InChI=1S/C18H28N2O4S/c1-6-19-17(21)13-9-10-20(12-13)25(22,23)16-11-14(18(2,3)4)7-8-15(16)24-5/h7-8,11,13H,6,9-10,12H2,1-5H3,(H,19,21). The second-order valence-electron chi connectivity index (χ2n) is 7.36. The molecule has 1 saturated heterocycles. The Bertz CT molecular complexity index is 738. The summed E-state index contributed by atoms with van der Waals surface area (Å²) in [5.41, 5.74) is 0.747. The summed E-state index contributed by atoms with van der Waals surface area (Å²) in [4.78, 5) is 12.2. The van der Waals surface area contributed by atoms with E-state index in [0.717, 1.165) is 5.56 Å². The number of carbonyl (C=O) groups is 1. The Kier molecular flexibility index (Phi) is 5.79. The molecule has 25 heavy (non-hydrogen) atoms. The number of methoxy groups -OCH3 is 1. The van der Waals surface area contributed by atoms with E-state index in [4.69, 9.17) is 4.74 Å². The van der Waals surface area contributed by atoms with E-state index in [-0.39, 0.29) is 28.7 Å². The summed E-state index contributed by atoms with van der Waals surface area (Å²) in [6.07, 6.45) is 0.534. The zero-order valence-corrected chi connectivity index (χ0v) is 16.4. The first-order chi connectivity index (χ1) is 11.6. The third-order valence-electron chi connectivity index (χ3n) is 4.52. The highest BCUT2D eigenvalue weighted by atomic mass is 32.2. The van der Waals surface area contributed by atoms with E-state index >= 15 is 0 Å². The molecule has 0 radical (unpaired) electrons. The van der Waals surface area contributed by atoms with E-state index in [1.54, 1.807) is 12.1 Å². The fourth-order valence-electron chi connectivity index (χ4n) is 2.96. The van der Waals surface area contributed by atoms with Gasteiger partial charge >= 0.3 is 0 Å². The highest BCUT2D eigenvalue weighted by Crippen LogP contribution is 2.34. The van der Waals surface area contributed by atoms with Crippen LogP contribution in [0.2, 0.25) is 0 Å². The van der Waals surface area contributed by atoms with Crippen LogP contribution in [0.1, 0.15) is 39.7 Å². The molecule has 140 valence electrons. The second-order valence-corrected chi connectivity index (χ2v) is 9.27. The minimum Gasteiger partial charge on any atom is -0.495 e. The molecule has 1 aromatic carbocycles. The monoisotopic (exact) mass is 368 g/mol. The van der Waals surface area contributed by atoms with Gasteiger partial charge in [-0.2, -0.15) is 4.31 Å². The van der Waals surface area contributed by atoms with Gasteiger partial charge in [0.1, 0.15) is 10.6 Å². The number of hydrogen-bond acceptors (Lipinski definition) is 4. The number of nitrogens with zero attached hydrogens (tertiary/aromatic N) is 1. The van der Waals surface area contributed by atoms with Crippen molar-refractivity contribution in [3.63, 3.8) is 0 Å². The summed E-state index contributed by atoms with van der Waals surface area (Å²) in [6, 6.07) is 5.28. The summed E-state index contributed by atoms with van der Waals surface area (Å²) < 4.78 is 32.9. The molecule has 1 aliphatic heterocycles. The first-order valence-corrected chi connectivity index (χ1v) is 10.0. The van der Waals surface area contributed by atoms with E-state index in [0.29, 0.717) is 25.3 Å². The van der Waals surface area contributed by atoms with E-state index in [1.807, 2.05) is 33.8 Å². The van der Waals surface area contributed by atoms with Gasteiger partial charge in [0.05, 0.1) is 13.0 Å². The molecule has 0 saturated carbocycles. The van der Waals surface area contributed by atoms with Crippen LogP contribution in [0.25, 0.3) is 0 Å². The summed E-state index contributed by atoms with van der Waals surface area (Å²) in [5, 5.41) is 2.77. The Morgan fingerprint density at radius 1 is 1.36 bits per heavy atom. The van der Waals surface area contributed by atoms with E-state index in [2.05, 4.69) is 5.32 Å². The molecule has 1 heterocycles. The summed E-state index contributed by atoms with van der Waals surface area (Å²) in [5.74, 6) is -0.0587. The molecule has 0 bridgehead atoms. The van der Waals surface area contributed by atoms with Crippen molar-refractivity contribution in [1.29, 1.82) is 0 Å². The Morgan fingerprint density at radius 3 is 2.60 bits per heavy atom. The minimum absolute atomic E-state index is 0.0874. The molecule has 1 aromatic rings. The quantitative estimate of drug-likeness (QED) is 0.864. The minimum atomic E-state index is -3.72. The molecule has 1 fully saturated rings. The zero-order valence-electron chi connectivity index (χ0n) is 15.6. The molecule has 1 amide bonds. The Morgan fingerprint density at radius 2 is 2.04 bits per heavy atom. The SMILES string of the molecule is CCNC(=O)C1CCN(S(=O)(=O)c2cc(C(C)(C)C)ccc2OC)C1. The lowest BCUT2D eigenvalue weighted by atomic mass is 9.87. The number of ether oxygens (including phenoxy) is 1. The molecule has 1 aliphatic rings. The average molecular weight is 368 g/mol. The van der Waals surface area contributed by atoms with Crippen LogP contribution in [0.4, 0.5) is 0 Å². The van der Waals surface area contributed by atoms with Gasteiger partial charge in [0.15, 0.2) is 0 Å². The highest BCUT2D eigenvalue weighted by molar-refractivity contribution is 7.89. The van der Waals surface area contributed by atoms with Gasteiger partial charge in [-0.05, 0) is 36.5 Å². The van der Waals surface area contributed by atoms with Gasteiger partial charge in [-0.25, -0.2) is 8.42 Å². The van der Waals surface area contributed by atoms with Crippen LogP contribution in [0, 0.1) is 5.92 Å². The fourth-order valence-corrected chi connectivity index (χ4v) is 4.64. The number of amides is 1. The van der Waals surface area contributed by atoms with Gasteiger partial charge in [-0.1, -0.05) is 26.8 Å². The molecule has 7 heteroatoms. The lowest BCUT2D eigenvalue weighted by Gasteiger charge is -2.23. The normalized spacial score (nSPS) is 19.0. The lowest BCUT2D eigenvalue weighted by Crippen LogP contribution is -2.34. The fraction of sp³-hybridized carbons (Fsp3) is 0.611. The average Bonchev–Trinajstić information content (AvgIpc) is 3.04. The van der Waals surface area contributed by atoms with Crippen LogP contribution in [0.15, 0.2) is 23.1 Å². The maximum atomic E-state index is 13.1. The molecule has 1 atom stereocenters. The van der Waals surface area contributed by atoms with Crippen LogP contribution < -0.4 is 10.1 Å². The summed E-state index contributed by atoms with van der Waals surface area (Å²) >= 11 is 0. The molecular weight excluding hydrogens is 340 g/mol. The van der Waals surface area contributed by atoms with Gasteiger partial charge in [-0.15, -0.1) is 0 Å². The molecule has 2 rings (SSSR count). The van der Waals surface area contributed by atoms with Crippen molar-refractivity contribution in [3.8, 4) is 5.75 Å². The van der Waals surface area contributed by atoms with Crippen molar-refractivity contribution in [1.82, 2.24) is 9.62 Å². The first-order valence-electron chi connectivity index (χ1n) is 8.57. The van der Waals surface area contributed by atoms with Gasteiger partial charge in [-0.3, -0.25) is 4.79 Å². The van der Waals surface area contributed by atoms with Crippen molar-refractivity contribution in [2.75, 3.05) is 26.7 Å². The van der Waals surface area contributed by atoms with Crippen molar-refractivity contribution in [3.05, 3.63) is 23.8 Å². The molecule has 0 aromatic heterocycles. The van der Waals surface area contributed by atoms with Crippen LogP contribution in [0.5, 0.6) is 5.75 Å². The van der Waals surface area contributed by atoms with E-state index < -0.39 is 10.0 Å². The predicted molar refractivity (Wildman–Crippen MR) is 97.2 cm³/mol. The molecule has 1 N–H and O–H groups in total. The van der Waals surface area contributed by atoms with Crippen LogP contribution in [-0.4, -0.2) is 45.4 Å². The van der Waals surface area contributed by atoms with Gasteiger partial charge in [0.2, 0.25) is 15.9 Å². The van der Waals surface area contributed by atoms with Crippen molar-refractivity contribution < 1.29 is 17.9 Å². The predicted octanol–water partition coefficient (Wildman–Crippen LogP) is 2.14. The largest absolute Gasteiger partial charge is 0.495 e. The van der Waals surface area contributed by atoms with Crippen molar-refractivity contribution in [2.45, 2.75) is 44.4 Å². The van der Waals surface area contributed by atoms with Gasteiger partial charge in [0, 0.05) is 19.6 Å². The third kappa shape index (κ3) is 4.15. The molecular formula is C18H28N2O4S. The number of carbonyl (C=O) groups excluding carboxylic acids is 1. The van der Waals surface area contributed by atoms with E-state index in [9.17, 15) is 13.2 Å². The number of rotatable bonds is 5. The number of sulfonamides is 1. The maximum Gasteiger partial charge on any atom is 0.246 e. The second kappa shape index (κ2) is 7.33. The Hall–Kier alpha value is -1.60. The molecule has 0 spiro atoms. The Labute approximate surface area is 150 Å². The molecule has 1 unspecified atom stereocenters. The van der Waals surface area contributed by atoms with Gasteiger partial charge in [0.25, 0.3) is 0 Å². The summed E-state index contributed by atoms with van der Waals surface area (Å²) in [7, 11) is -2.25. The lowest BCUT2D eigenvalue weighted by molar-refractivity contribution is -0.124. The van der Waals surface area contributed by atoms with Crippen LogP contribution >= 0.6 is 0 Å². The smallest absolute Gasteiger partial charge is 0.246 e. The third-order valence-corrected chi connectivity index (χ3v) is 6.41. The number of nitrogens with one attached hydrogen (secondary N) is 1. The van der Waals surface area contributed by atoms with Crippen LogP contribution in [0.3, 0.4) is 0 Å². The zero-order chi connectivity index (χ0) is 18.8. The highest BCUT2D eigenvalue weighted by Gasteiger charge is 2.37. The van der Waals surface area contributed by atoms with Crippen molar-refractivity contribution >= 4 is 15.9 Å². The number of benzene rings is 1. The Balaban J connectivity index is 2.35. The topological polar surface area (TPSA) is 75.7 Å². The number of hydrogen-bond donors (Lipinski definition) is 1. The maximum absolute atomic E-state index is 13.1. The van der Waals surface area contributed by atoms with Gasteiger partial charge < -0.3 is 10.1 Å². The van der Waals surface area contributed by atoms with Crippen molar-refractivity contribution in [2.24, 2.45) is 5.92 Å². The molecule has 6 nitrogen and oxygen atoms in total. The molecule has 0 aliphatic carbocycles. The van der Waals surface area contributed by atoms with E-state index in [1.165, 1.54) is 11.4 Å². The summed E-state index contributed by atoms with van der Waals surface area (Å²) in [6.45, 7) is 9.04.